The Hall–Kier alpha value is -2.33. The zero-order chi connectivity index (χ0) is 17.1. The highest BCUT2D eigenvalue weighted by Crippen LogP contribution is 2.34. The van der Waals surface area contributed by atoms with Crippen LogP contribution in [-0.2, 0) is 6.54 Å². The Morgan fingerprint density at radius 1 is 1.21 bits per heavy atom. The van der Waals surface area contributed by atoms with Gasteiger partial charge < -0.3 is 15.5 Å². The summed E-state index contributed by atoms with van der Waals surface area (Å²) in [6.07, 6.45) is 2.06. The molecule has 3 rings (SSSR count). The van der Waals surface area contributed by atoms with Gasteiger partial charge in [-0.05, 0) is 48.2 Å². The van der Waals surface area contributed by atoms with E-state index < -0.39 is 0 Å². The van der Waals surface area contributed by atoms with Gasteiger partial charge in [-0.1, -0.05) is 24.3 Å². The summed E-state index contributed by atoms with van der Waals surface area (Å²) in [6, 6.07) is 16.3. The Morgan fingerprint density at radius 2 is 1.96 bits per heavy atom. The number of anilines is 1. The Kier molecular flexibility index (Phi) is 4.86. The molecule has 1 saturated heterocycles. The van der Waals surface area contributed by atoms with Crippen LogP contribution < -0.4 is 10.6 Å². The number of likely N-dealkylation sites (tertiary alicyclic amines) is 1. The highest BCUT2D eigenvalue weighted by atomic mass is 16.2. The summed E-state index contributed by atoms with van der Waals surface area (Å²) in [4.78, 5) is 17.0. The van der Waals surface area contributed by atoms with Crippen molar-refractivity contribution in [3.63, 3.8) is 0 Å². The van der Waals surface area contributed by atoms with Gasteiger partial charge in [-0.15, -0.1) is 0 Å². The summed E-state index contributed by atoms with van der Waals surface area (Å²) in [7, 11) is 4.07. The Morgan fingerprint density at radius 3 is 2.62 bits per heavy atom. The second-order valence-electron chi connectivity index (χ2n) is 6.55. The molecule has 1 amide bonds. The standard InChI is InChI=1S/C20H25N3O/c1-22(2)18-6-3-5-17(13-18)19-7-4-12-23(19)20(24)16-10-8-15(14-21)9-11-16/h3,5-6,8-11,13,19H,4,7,12,14,21H2,1-2H3/t19-/m0/s1. The van der Waals surface area contributed by atoms with E-state index in [0.717, 1.165) is 30.5 Å². The molecule has 0 bridgehead atoms. The van der Waals surface area contributed by atoms with Crippen molar-refractivity contribution in [2.24, 2.45) is 5.73 Å². The van der Waals surface area contributed by atoms with Crippen LogP contribution in [0.5, 0.6) is 0 Å². The van der Waals surface area contributed by atoms with Crippen LogP contribution in [0.3, 0.4) is 0 Å². The number of benzene rings is 2. The highest BCUT2D eigenvalue weighted by molar-refractivity contribution is 5.94. The molecule has 126 valence electrons. The molecule has 0 aromatic heterocycles. The molecule has 2 aromatic carbocycles. The number of nitrogens with two attached hydrogens (primary N) is 1. The minimum Gasteiger partial charge on any atom is -0.378 e. The van der Waals surface area contributed by atoms with Gasteiger partial charge in [0.15, 0.2) is 0 Å². The number of hydrogen-bond acceptors (Lipinski definition) is 3. The molecule has 1 heterocycles. The molecule has 0 radical (unpaired) electrons. The van der Waals surface area contributed by atoms with Gasteiger partial charge in [-0.2, -0.15) is 0 Å². The van der Waals surface area contributed by atoms with E-state index in [2.05, 4.69) is 29.2 Å². The average Bonchev–Trinajstić information content (AvgIpc) is 3.11. The predicted octanol–water partition coefficient (Wildman–Crippen LogP) is 3.19. The molecule has 24 heavy (non-hydrogen) atoms. The smallest absolute Gasteiger partial charge is 0.254 e. The average molecular weight is 323 g/mol. The maximum Gasteiger partial charge on any atom is 0.254 e. The van der Waals surface area contributed by atoms with Gasteiger partial charge in [0.2, 0.25) is 0 Å². The number of hydrogen-bond donors (Lipinski definition) is 1. The van der Waals surface area contributed by atoms with Crippen molar-refractivity contribution < 1.29 is 4.79 Å². The van der Waals surface area contributed by atoms with E-state index in [1.54, 1.807) is 0 Å². The fraction of sp³-hybridized carbons (Fsp3) is 0.350. The van der Waals surface area contributed by atoms with Gasteiger partial charge in [0.1, 0.15) is 0 Å². The molecule has 0 unspecified atom stereocenters. The van der Waals surface area contributed by atoms with Gasteiger partial charge in [-0.3, -0.25) is 4.79 Å². The first-order valence-electron chi connectivity index (χ1n) is 8.47. The van der Waals surface area contributed by atoms with Crippen LogP contribution in [0.4, 0.5) is 5.69 Å². The topological polar surface area (TPSA) is 49.6 Å². The first-order valence-corrected chi connectivity index (χ1v) is 8.47. The minimum absolute atomic E-state index is 0.108. The Labute approximate surface area is 143 Å². The molecule has 2 aromatic rings. The van der Waals surface area contributed by atoms with Crippen LogP contribution in [0, 0.1) is 0 Å². The van der Waals surface area contributed by atoms with Gasteiger partial charge in [0, 0.05) is 38.4 Å². The first kappa shape index (κ1) is 16.5. The van der Waals surface area contributed by atoms with Gasteiger partial charge in [0.25, 0.3) is 5.91 Å². The van der Waals surface area contributed by atoms with E-state index >= 15 is 0 Å². The van der Waals surface area contributed by atoms with Gasteiger partial charge in [0.05, 0.1) is 6.04 Å². The number of rotatable bonds is 4. The van der Waals surface area contributed by atoms with Gasteiger partial charge >= 0.3 is 0 Å². The van der Waals surface area contributed by atoms with Crippen molar-refractivity contribution in [3.05, 3.63) is 65.2 Å². The monoisotopic (exact) mass is 323 g/mol. The molecule has 4 nitrogen and oxygen atoms in total. The molecule has 1 aliphatic rings. The third-order valence-electron chi connectivity index (χ3n) is 4.72. The molecule has 1 aliphatic heterocycles. The summed E-state index contributed by atoms with van der Waals surface area (Å²) in [5.41, 5.74) is 9.80. The molecule has 0 spiro atoms. The molecular formula is C20H25N3O. The van der Waals surface area contributed by atoms with Crippen molar-refractivity contribution in [2.75, 3.05) is 25.5 Å². The van der Waals surface area contributed by atoms with E-state index in [-0.39, 0.29) is 11.9 Å². The summed E-state index contributed by atoms with van der Waals surface area (Å²) >= 11 is 0. The largest absolute Gasteiger partial charge is 0.378 e. The summed E-state index contributed by atoms with van der Waals surface area (Å²) in [6.45, 7) is 1.31. The third kappa shape index (κ3) is 3.29. The molecule has 1 atom stereocenters. The third-order valence-corrected chi connectivity index (χ3v) is 4.72. The predicted molar refractivity (Wildman–Crippen MR) is 98.1 cm³/mol. The quantitative estimate of drug-likeness (QED) is 0.940. The summed E-state index contributed by atoms with van der Waals surface area (Å²) in [5, 5.41) is 0. The fourth-order valence-electron chi connectivity index (χ4n) is 3.32. The number of amides is 1. The highest BCUT2D eigenvalue weighted by Gasteiger charge is 2.30. The Bertz CT molecular complexity index is 709. The Balaban J connectivity index is 1.84. The molecule has 0 aliphatic carbocycles. The lowest BCUT2D eigenvalue weighted by Gasteiger charge is -2.26. The molecule has 0 saturated carbocycles. The normalized spacial score (nSPS) is 17.1. The van der Waals surface area contributed by atoms with Crippen molar-refractivity contribution in [1.29, 1.82) is 0 Å². The fourth-order valence-corrected chi connectivity index (χ4v) is 3.32. The lowest BCUT2D eigenvalue weighted by molar-refractivity contribution is 0.0735. The molecular weight excluding hydrogens is 298 g/mol. The maximum absolute atomic E-state index is 12.9. The zero-order valence-corrected chi connectivity index (χ0v) is 14.4. The van der Waals surface area contributed by atoms with Crippen LogP contribution >= 0.6 is 0 Å². The SMILES string of the molecule is CN(C)c1cccc([C@@H]2CCCN2C(=O)c2ccc(CN)cc2)c1. The van der Waals surface area contributed by atoms with Crippen LogP contribution in [0.2, 0.25) is 0 Å². The lowest BCUT2D eigenvalue weighted by Crippen LogP contribution is -2.30. The van der Waals surface area contributed by atoms with E-state index in [1.807, 2.05) is 43.3 Å². The van der Waals surface area contributed by atoms with E-state index in [9.17, 15) is 4.79 Å². The van der Waals surface area contributed by atoms with Crippen LogP contribution in [-0.4, -0.2) is 31.4 Å². The number of carbonyl (C=O) groups excluding carboxylic acids is 1. The van der Waals surface area contributed by atoms with E-state index in [0.29, 0.717) is 6.54 Å². The zero-order valence-electron chi connectivity index (χ0n) is 14.4. The van der Waals surface area contributed by atoms with Crippen molar-refractivity contribution in [2.45, 2.75) is 25.4 Å². The maximum atomic E-state index is 12.9. The van der Waals surface area contributed by atoms with E-state index in [1.165, 1.54) is 11.3 Å². The summed E-state index contributed by atoms with van der Waals surface area (Å²) < 4.78 is 0. The van der Waals surface area contributed by atoms with Crippen LogP contribution in [0.1, 0.15) is 40.4 Å². The number of carbonyl (C=O) groups is 1. The molecule has 4 heteroatoms. The van der Waals surface area contributed by atoms with Crippen molar-refractivity contribution >= 4 is 11.6 Å². The van der Waals surface area contributed by atoms with Crippen molar-refractivity contribution in [1.82, 2.24) is 4.90 Å². The van der Waals surface area contributed by atoms with Crippen LogP contribution in [0.25, 0.3) is 0 Å². The minimum atomic E-state index is 0.108. The van der Waals surface area contributed by atoms with Crippen LogP contribution in [0.15, 0.2) is 48.5 Å². The second kappa shape index (κ2) is 7.05. The first-order chi connectivity index (χ1) is 11.6. The number of nitrogens with zero attached hydrogens (tertiary/aromatic N) is 2. The lowest BCUT2D eigenvalue weighted by atomic mass is 10.0. The second-order valence-corrected chi connectivity index (χ2v) is 6.55. The molecule has 1 fully saturated rings. The summed E-state index contributed by atoms with van der Waals surface area (Å²) in [5.74, 6) is 0.108. The molecule has 2 N–H and O–H groups in total. The van der Waals surface area contributed by atoms with Crippen molar-refractivity contribution in [3.8, 4) is 0 Å². The van der Waals surface area contributed by atoms with Gasteiger partial charge in [-0.25, -0.2) is 0 Å². The van der Waals surface area contributed by atoms with E-state index in [4.69, 9.17) is 5.73 Å².